The molecular weight excluding hydrogens is 503 g/mol. The van der Waals surface area contributed by atoms with E-state index < -0.39 is 36.0 Å². The van der Waals surface area contributed by atoms with Crippen LogP contribution in [0.25, 0.3) is 5.57 Å². The number of amides is 3. The predicted octanol–water partition coefficient (Wildman–Crippen LogP) is 3.91. The lowest BCUT2D eigenvalue weighted by Gasteiger charge is -2.17. The van der Waals surface area contributed by atoms with Gasteiger partial charge in [-0.1, -0.05) is 48.2 Å². The number of nitrogens with zero attached hydrogens (tertiary/aromatic N) is 2. The molecule has 0 aromatic heterocycles. The van der Waals surface area contributed by atoms with Crippen LogP contribution >= 0.6 is 24.0 Å². The van der Waals surface area contributed by atoms with Crippen LogP contribution in [0.3, 0.4) is 0 Å². The number of halogens is 3. The number of carbonyl (C=O) groups is 3. The number of benzene rings is 2. The molecule has 0 bridgehead atoms. The van der Waals surface area contributed by atoms with Crippen molar-refractivity contribution in [2.24, 2.45) is 0 Å². The van der Waals surface area contributed by atoms with Crippen molar-refractivity contribution in [2.75, 3.05) is 37.0 Å². The average Bonchev–Trinajstić information content (AvgIpc) is 3.24. The molecule has 0 aliphatic carbocycles. The number of para-hydroxylation sites is 1. The number of carbonyl (C=O) groups excluding carboxylic acids is 3. The highest BCUT2D eigenvalue weighted by Crippen LogP contribution is 2.44. The Labute approximate surface area is 207 Å². The molecule has 1 fully saturated rings. The number of nitrogens with one attached hydrogen (secondary N) is 1. The monoisotopic (exact) mass is 521 g/mol. The third-order valence-electron chi connectivity index (χ3n) is 5.29. The number of ether oxygens (including phenoxy) is 1. The lowest BCUT2D eigenvalue weighted by atomic mass is 10.1. The number of rotatable bonds is 6. The van der Waals surface area contributed by atoms with E-state index in [9.17, 15) is 27.6 Å². The average molecular weight is 522 g/mol. The highest BCUT2D eigenvalue weighted by molar-refractivity contribution is 8.26. The Balaban J connectivity index is 1.60. The van der Waals surface area contributed by atoms with Crippen LogP contribution in [0.15, 0.2) is 53.4 Å². The molecule has 2 aliphatic heterocycles. The summed E-state index contributed by atoms with van der Waals surface area (Å²) in [6.07, 6.45) is -4.56. The van der Waals surface area contributed by atoms with Crippen molar-refractivity contribution in [3.8, 4) is 0 Å². The summed E-state index contributed by atoms with van der Waals surface area (Å²) in [7, 11) is 1.50. The van der Waals surface area contributed by atoms with Crippen molar-refractivity contribution in [3.63, 3.8) is 0 Å². The summed E-state index contributed by atoms with van der Waals surface area (Å²) in [6, 6.07) is 10.9. The van der Waals surface area contributed by atoms with Gasteiger partial charge in [0.25, 0.3) is 11.8 Å². The Morgan fingerprint density at radius 2 is 1.83 bits per heavy atom. The first-order valence-electron chi connectivity index (χ1n) is 10.3. The molecule has 1 N–H and O–H groups in total. The van der Waals surface area contributed by atoms with Gasteiger partial charge in [-0.3, -0.25) is 24.2 Å². The largest absolute Gasteiger partial charge is 0.416 e. The molecule has 35 heavy (non-hydrogen) atoms. The molecule has 0 spiro atoms. The summed E-state index contributed by atoms with van der Waals surface area (Å²) in [5, 5.41) is 2.40. The van der Waals surface area contributed by atoms with E-state index in [-0.39, 0.29) is 29.3 Å². The van der Waals surface area contributed by atoms with Crippen LogP contribution in [0.5, 0.6) is 0 Å². The van der Waals surface area contributed by atoms with Gasteiger partial charge in [0.05, 0.1) is 34.9 Å². The van der Waals surface area contributed by atoms with Crippen molar-refractivity contribution in [3.05, 3.63) is 64.6 Å². The summed E-state index contributed by atoms with van der Waals surface area (Å²) in [6.45, 7) is 0.0396. The number of thioether (sulfide) groups is 1. The molecule has 7 nitrogen and oxygen atoms in total. The third kappa shape index (κ3) is 4.95. The maximum absolute atomic E-state index is 13.4. The lowest BCUT2D eigenvalue weighted by molar-refractivity contribution is -0.137. The van der Waals surface area contributed by atoms with Gasteiger partial charge in [0.1, 0.15) is 10.9 Å². The number of anilines is 2. The SMILES string of the molecule is COCCN1C(=O)/C(=C2\C(=O)N(CC(=O)Nc3cccc(C(F)(F)F)c3)c3ccccc32)SC1=S. The predicted molar refractivity (Wildman–Crippen MR) is 130 cm³/mol. The van der Waals surface area contributed by atoms with Crippen LogP contribution in [0.1, 0.15) is 11.1 Å². The van der Waals surface area contributed by atoms with Crippen LogP contribution in [0.4, 0.5) is 24.5 Å². The van der Waals surface area contributed by atoms with Crippen LogP contribution in [-0.4, -0.2) is 53.7 Å². The minimum Gasteiger partial charge on any atom is -0.383 e. The zero-order valence-electron chi connectivity index (χ0n) is 18.2. The van der Waals surface area contributed by atoms with E-state index in [1.807, 2.05) is 0 Å². The minimum atomic E-state index is -4.56. The summed E-state index contributed by atoms with van der Waals surface area (Å²) in [5.74, 6) is -1.69. The first-order chi connectivity index (χ1) is 16.6. The molecule has 0 unspecified atom stereocenters. The van der Waals surface area contributed by atoms with E-state index in [1.54, 1.807) is 24.3 Å². The van der Waals surface area contributed by atoms with Gasteiger partial charge in [-0.25, -0.2) is 0 Å². The van der Waals surface area contributed by atoms with Crippen molar-refractivity contribution in [2.45, 2.75) is 6.18 Å². The number of methoxy groups -OCH3 is 1. The maximum Gasteiger partial charge on any atom is 0.416 e. The fourth-order valence-electron chi connectivity index (χ4n) is 3.70. The number of alkyl halides is 3. The summed E-state index contributed by atoms with van der Waals surface area (Å²) < 4.78 is 44.2. The molecule has 4 rings (SSSR count). The van der Waals surface area contributed by atoms with Gasteiger partial charge in [-0.15, -0.1) is 0 Å². The minimum absolute atomic E-state index is 0.0519. The molecule has 2 heterocycles. The lowest BCUT2D eigenvalue weighted by Crippen LogP contribution is -2.36. The van der Waals surface area contributed by atoms with E-state index in [4.69, 9.17) is 17.0 Å². The van der Waals surface area contributed by atoms with Gasteiger partial charge in [-0.2, -0.15) is 13.2 Å². The van der Waals surface area contributed by atoms with E-state index in [0.29, 0.717) is 15.6 Å². The van der Waals surface area contributed by atoms with E-state index in [2.05, 4.69) is 5.32 Å². The maximum atomic E-state index is 13.4. The molecule has 3 amide bonds. The highest BCUT2D eigenvalue weighted by atomic mass is 32.2. The van der Waals surface area contributed by atoms with Gasteiger partial charge in [-0.05, 0) is 24.3 Å². The Kier molecular flexibility index (Phi) is 6.97. The van der Waals surface area contributed by atoms with Crippen molar-refractivity contribution in [1.82, 2.24) is 4.90 Å². The number of hydrogen-bond acceptors (Lipinski definition) is 6. The van der Waals surface area contributed by atoms with E-state index in [0.717, 1.165) is 23.9 Å². The number of hydrogen-bond donors (Lipinski definition) is 1. The molecule has 0 radical (unpaired) electrons. The topological polar surface area (TPSA) is 79.0 Å². The third-order valence-corrected chi connectivity index (χ3v) is 6.74. The van der Waals surface area contributed by atoms with Crippen molar-refractivity contribution < 1.29 is 32.3 Å². The Morgan fingerprint density at radius 3 is 2.54 bits per heavy atom. The van der Waals surface area contributed by atoms with Crippen LogP contribution in [0, 0.1) is 0 Å². The molecule has 0 atom stereocenters. The fraction of sp³-hybridized carbons (Fsp3) is 0.217. The fourth-order valence-corrected chi connectivity index (χ4v) is 5.08. The van der Waals surface area contributed by atoms with Crippen LogP contribution < -0.4 is 10.2 Å². The molecule has 182 valence electrons. The molecule has 2 aromatic rings. The second-order valence-corrected chi connectivity index (χ2v) is 9.20. The molecule has 12 heteroatoms. The first kappa shape index (κ1) is 24.9. The molecule has 1 saturated heterocycles. The number of thiocarbonyl (C=S) groups is 1. The zero-order chi connectivity index (χ0) is 25.3. The summed E-state index contributed by atoms with van der Waals surface area (Å²) >= 11 is 6.30. The second kappa shape index (κ2) is 9.80. The Morgan fingerprint density at radius 1 is 1.09 bits per heavy atom. The van der Waals surface area contributed by atoms with Gasteiger partial charge >= 0.3 is 6.18 Å². The van der Waals surface area contributed by atoms with Gasteiger partial charge in [0.2, 0.25) is 5.91 Å². The molecular formula is C23H18F3N3O4S2. The van der Waals surface area contributed by atoms with Gasteiger partial charge in [0, 0.05) is 18.4 Å². The second-order valence-electron chi connectivity index (χ2n) is 7.56. The molecule has 0 saturated carbocycles. The van der Waals surface area contributed by atoms with Crippen LogP contribution in [-0.2, 0) is 25.3 Å². The zero-order valence-corrected chi connectivity index (χ0v) is 19.9. The van der Waals surface area contributed by atoms with E-state index in [1.165, 1.54) is 29.0 Å². The summed E-state index contributed by atoms with van der Waals surface area (Å²) in [4.78, 5) is 41.8. The Bertz CT molecular complexity index is 1260. The Hall–Kier alpha value is -3.22. The summed E-state index contributed by atoms with van der Waals surface area (Å²) in [5.41, 5.74) is 0.0508. The first-order valence-corrected chi connectivity index (χ1v) is 11.5. The quantitative estimate of drug-likeness (QED) is 0.459. The standard InChI is InChI=1S/C23H18F3N3O4S2/c1-33-10-9-28-21(32)19(35-22(28)34)18-15-7-2-3-8-16(15)29(20(18)31)12-17(30)27-14-6-4-5-13(11-14)23(24,25)26/h2-8,11H,9-10,12H2,1H3,(H,27,30)/b19-18+. The van der Waals surface area contributed by atoms with E-state index >= 15 is 0 Å². The van der Waals surface area contributed by atoms with Crippen LogP contribution in [0.2, 0.25) is 0 Å². The molecule has 2 aliphatic rings. The number of fused-ring (bicyclic) bond motifs is 1. The normalized spacial score (nSPS) is 17.9. The van der Waals surface area contributed by atoms with Gasteiger partial charge in [0.15, 0.2) is 0 Å². The van der Waals surface area contributed by atoms with Crippen molar-refractivity contribution in [1.29, 1.82) is 0 Å². The van der Waals surface area contributed by atoms with Crippen molar-refractivity contribution >= 4 is 63.0 Å². The molecule has 2 aromatic carbocycles. The van der Waals surface area contributed by atoms with Gasteiger partial charge < -0.3 is 10.1 Å². The highest BCUT2D eigenvalue weighted by Gasteiger charge is 2.42. The smallest absolute Gasteiger partial charge is 0.383 e.